The monoisotopic (exact) mass is 209 g/mol. The molecule has 0 atom stereocenters. The Hall–Kier alpha value is -1.26. The number of aromatic amines is 1. The number of nitrogens with one attached hydrogen (secondary N) is 1. The van der Waals surface area contributed by atoms with Crippen LogP contribution >= 0.6 is 15.9 Å². The molecule has 0 fully saturated rings. The first-order chi connectivity index (χ1) is 5.38. The highest BCUT2D eigenvalue weighted by Gasteiger charge is 1.98. The Morgan fingerprint density at radius 2 is 2.55 bits per heavy atom. The maximum Gasteiger partial charge on any atom is 0.151 e. The van der Waals surface area contributed by atoms with E-state index in [9.17, 15) is 0 Å². The molecular formula is C7H4BrN3. The predicted molar refractivity (Wildman–Crippen MR) is 44.0 cm³/mol. The molecule has 0 bridgehead atoms. The van der Waals surface area contributed by atoms with Crippen molar-refractivity contribution in [3.63, 3.8) is 0 Å². The molecule has 0 aliphatic heterocycles. The van der Waals surface area contributed by atoms with Crippen molar-refractivity contribution in [2.24, 2.45) is 0 Å². The zero-order valence-corrected chi connectivity index (χ0v) is 7.14. The van der Waals surface area contributed by atoms with Gasteiger partial charge >= 0.3 is 0 Å². The summed E-state index contributed by atoms with van der Waals surface area (Å²) >= 11 is 3.15. The van der Waals surface area contributed by atoms with E-state index in [-0.39, 0.29) is 0 Å². The summed E-state index contributed by atoms with van der Waals surface area (Å²) in [6, 6.07) is 1.95. The van der Waals surface area contributed by atoms with Crippen molar-refractivity contribution < 1.29 is 0 Å². The first kappa shape index (κ1) is 7.84. The molecule has 0 aliphatic rings. The van der Waals surface area contributed by atoms with E-state index >= 15 is 0 Å². The number of nitriles is 1. The summed E-state index contributed by atoms with van der Waals surface area (Å²) in [7, 11) is 0. The van der Waals surface area contributed by atoms with Crippen LogP contribution in [0.5, 0.6) is 0 Å². The maximum atomic E-state index is 8.51. The normalized spacial score (nSPS) is 8.00. The lowest BCUT2D eigenvalue weighted by Gasteiger charge is -1.78. The molecule has 0 amide bonds. The van der Waals surface area contributed by atoms with Crippen LogP contribution in [-0.4, -0.2) is 15.5 Å². The van der Waals surface area contributed by atoms with Gasteiger partial charge in [0.15, 0.2) is 5.69 Å². The number of hydrogen-bond donors (Lipinski definition) is 1. The Balaban J connectivity index is 2.96. The van der Waals surface area contributed by atoms with Crippen LogP contribution in [0.25, 0.3) is 0 Å². The molecule has 0 aromatic carbocycles. The van der Waals surface area contributed by atoms with E-state index in [0.717, 1.165) is 0 Å². The van der Waals surface area contributed by atoms with Gasteiger partial charge in [-0.3, -0.25) is 5.10 Å². The van der Waals surface area contributed by atoms with Crippen LogP contribution in [0.1, 0.15) is 11.3 Å². The Morgan fingerprint density at radius 1 is 1.73 bits per heavy atom. The minimum Gasteiger partial charge on any atom is -0.267 e. The third-order valence-electron chi connectivity index (χ3n) is 1.04. The molecule has 0 unspecified atom stereocenters. The molecule has 11 heavy (non-hydrogen) atoms. The SMILES string of the molecule is N#Cc1[nH]ncc1C#CCBr. The molecule has 0 aliphatic carbocycles. The lowest BCUT2D eigenvalue weighted by molar-refractivity contribution is 1.07. The maximum absolute atomic E-state index is 8.51. The van der Waals surface area contributed by atoms with Crippen molar-refractivity contribution in [2.75, 3.05) is 5.33 Å². The van der Waals surface area contributed by atoms with E-state index in [0.29, 0.717) is 16.6 Å². The molecule has 1 aromatic heterocycles. The highest BCUT2D eigenvalue weighted by atomic mass is 79.9. The zero-order valence-electron chi connectivity index (χ0n) is 5.56. The molecule has 0 spiro atoms. The largest absolute Gasteiger partial charge is 0.267 e. The zero-order chi connectivity index (χ0) is 8.10. The molecule has 0 radical (unpaired) electrons. The number of aromatic nitrogens is 2. The second kappa shape index (κ2) is 3.80. The molecule has 3 nitrogen and oxygen atoms in total. The van der Waals surface area contributed by atoms with Crippen molar-refractivity contribution in [2.45, 2.75) is 0 Å². The summed E-state index contributed by atoms with van der Waals surface area (Å²) in [4.78, 5) is 0. The minimum absolute atomic E-state index is 0.415. The average molecular weight is 210 g/mol. The van der Waals surface area contributed by atoms with Gasteiger partial charge in [0.1, 0.15) is 6.07 Å². The van der Waals surface area contributed by atoms with Gasteiger partial charge in [-0.05, 0) is 0 Å². The number of rotatable bonds is 0. The van der Waals surface area contributed by atoms with Crippen molar-refractivity contribution in [1.82, 2.24) is 10.2 Å². The molecule has 1 rings (SSSR count). The number of hydrogen-bond acceptors (Lipinski definition) is 2. The smallest absolute Gasteiger partial charge is 0.151 e. The van der Waals surface area contributed by atoms with E-state index in [1.807, 2.05) is 6.07 Å². The molecule has 54 valence electrons. The van der Waals surface area contributed by atoms with Crippen molar-refractivity contribution >= 4 is 15.9 Å². The lowest BCUT2D eigenvalue weighted by Crippen LogP contribution is -1.77. The van der Waals surface area contributed by atoms with Crippen molar-refractivity contribution in [1.29, 1.82) is 5.26 Å². The molecule has 4 heteroatoms. The van der Waals surface area contributed by atoms with Crippen molar-refractivity contribution in [3.05, 3.63) is 17.5 Å². The summed E-state index contributed by atoms with van der Waals surface area (Å²) < 4.78 is 0. The van der Waals surface area contributed by atoms with Gasteiger partial charge in [-0.15, -0.1) is 0 Å². The first-order valence-electron chi connectivity index (χ1n) is 2.86. The van der Waals surface area contributed by atoms with Crippen LogP contribution in [0.2, 0.25) is 0 Å². The summed E-state index contributed by atoms with van der Waals surface area (Å²) in [6.07, 6.45) is 1.54. The van der Waals surface area contributed by atoms with Gasteiger partial charge < -0.3 is 0 Å². The van der Waals surface area contributed by atoms with Crippen LogP contribution in [0.3, 0.4) is 0 Å². The molecule has 1 aromatic rings. The van der Waals surface area contributed by atoms with Gasteiger partial charge in [0, 0.05) is 0 Å². The van der Waals surface area contributed by atoms with E-state index in [4.69, 9.17) is 5.26 Å². The number of halogens is 1. The topological polar surface area (TPSA) is 52.5 Å². The Morgan fingerprint density at radius 3 is 3.18 bits per heavy atom. The number of H-pyrrole nitrogens is 1. The van der Waals surface area contributed by atoms with E-state index in [2.05, 4.69) is 38.0 Å². The van der Waals surface area contributed by atoms with Crippen molar-refractivity contribution in [3.8, 4) is 17.9 Å². The second-order valence-corrected chi connectivity index (χ2v) is 2.27. The minimum atomic E-state index is 0.415. The standard InChI is InChI=1S/C7H4BrN3/c8-3-1-2-6-5-10-11-7(6)4-9/h5H,3H2,(H,10,11). The van der Waals surface area contributed by atoms with Gasteiger partial charge in [-0.25, -0.2) is 0 Å². The number of alkyl halides is 1. The summed E-state index contributed by atoms with van der Waals surface area (Å²) in [5.41, 5.74) is 1.06. The summed E-state index contributed by atoms with van der Waals surface area (Å²) in [6.45, 7) is 0. The summed E-state index contributed by atoms with van der Waals surface area (Å²) in [5.74, 6) is 5.56. The number of nitrogens with zero attached hydrogens (tertiary/aromatic N) is 2. The van der Waals surface area contributed by atoms with E-state index < -0.39 is 0 Å². The van der Waals surface area contributed by atoms with Gasteiger partial charge in [0.25, 0.3) is 0 Å². The summed E-state index contributed by atoms with van der Waals surface area (Å²) in [5, 5.41) is 15.3. The average Bonchev–Trinajstić information content (AvgIpc) is 2.47. The second-order valence-electron chi connectivity index (χ2n) is 1.71. The highest BCUT2D eigenvalue weighted by Crippen LogP contribution is 1.99. The fourth-order valence-electron chi connectivity index (χ4n) is 0.595. The fraction of sp³-hybridized carbons (Fsp3) is 0.143. The quantitative estimate of drug-likeness (QED) is 0.513. The van der Waals surface area contributed by atoms with E-state index in [1.54, 1.807) is 0 Å². The van der Waals surface area contributed by atoms with Crippen LogP contribution in [-0.2, 0) is 0 Å². The molecule has 1 N–H and O–H groups in total. The van der Waals surface area contributed by atoms with Crippen LogP contribution in [0.4, 0.5) is 0 Å². The van der Waals surface area contributed by atoms with Crippen LogP contribution in [0.15, 0.2) is 6.20 Å². The fourth-order valence-corrected chi connectivity index (χ4v) is 0.735. The molecule has 1 heterocycles. The third-order valence-corrected chi connectivity index (χ3v) is 1.32. The Kier molecular flexibility index (Phi) is 2.71. The third kappa shape index (κ3) is 1.83. The lowest BCUT2D eigenvalue weighted by atomic mass is 10.3. The Labute approximate surface area is 72.5 Å². The van der Waals surface area contributed by atoms with Gasteiger partial charge in [-0.2, -0.15) is 10.4 Å². The van der Waals surface area contributed by atoms with Gasteiger partial charge in [-0.1, -0.05) is 27.8 Å². The first-order valence-corrected chi connectivity index (χ1v) is 3.99. The molecule has 0 saturated carbocycles. The Bertz CT molecular complexity index is 337. The van der Waals surface area contributed by atoms with Gasteiger partial charge in [0.2, 0.25) is 0 Å². The van der Waals surface area contributed by atoms with Crippen LogP contribution in [0, 0.1) is 23.2 Å². The van der Waals surface area contributed by atoms with E-state index in [1.165, 1.54) is 6.20 Å². The van der Waals surface area contributed by atoms with Gasteiger partial charge in [0.05, 0.1) is 17.1 Å². The predicted octanol–water partition coefficient (Wildman–Crippen LogP) is 1.03. The molecule has 0 saturated heterocycles. The van der Waals surface area contributed by atoms with Crippen LogP contribution < -0.4 is 0 Å². The molecular weight excluding hydrogens is 206 g/mol. The highest BCUT2D eigenvalue weighted by molar-refractivity contribution is 9.09.